The predicted octanol–water partition coefficient (Wildman–Crippen LogP) is 4.60. The van der Waals surface area contributed by atoms with Crippen molar-refractivity contribution in [3.63, 3.8) is 0 Å². The minimum absolute atomic E-state index is 0.0794. The number of aromatic amines is 1. The molecular weight excluding hydrogens is 494 g/mol. The van der Waals surface area contributed by atoms with Crippen molar-refractivity contribution in [1.29, 1.82) is 0 Å². The highest BCUT2D eigenvalue weighted by Crippen LogP contribution is 2.62. The molecule has 0 radical (unpaired) electrons. The van der Waals surface area contributed by atoms with Gasteiger partial charge in [-0.25, -0.2) is 0 Å². The van der Waals surface area contributed by atoms with E-state index < -0.39 is 5.79 Å². The molecule has 1 spiro atoms. The molecule has 8 nitrogen and oxygen atoms in total. The summed E-state index contributed by atoms with van der Waals surface area (Å²) < 4.78 is 19.4. The van der Waals surface area contributed by atoms with E-state index in [1.165, 1.54) is 0 Å². The summed E-state index contributed by atoms with van der Waals surface area (Å²) >= 11 is 0. The van der Waals surface area contributed by atoms with Gasteiger partial charge in [-0.1, -0.05) is 0 Å². The van der Waals surface area contributed by atoms with Crippen molar-refractivity contribution in [1.82, 2.24) is 14.8 Å². The van der Waals surface area contributed by atoms with Gasteiger partial charge in [-0.05, 0) is 85.0 Å². The van der Waals surface area contributed by atoms with E-state index in [2.05, 4.69) is 24.0 Å². The van der Waals surface area contributed by atoms with Crippen molar-refractivity contribution in [3.05, 3.63) is 49.9 Å². The van der Waals surface area contributed by atoms with Gasteiger partial charge in [-0.3, -0.25) is 9.59 Å². The van der Waals surface area contributed by atoms with Gasteiger partial charge in [0, 0.05) is 53.2 Å². The third-order valence-corrected chi connectivity index (χ3v) is 9.81. The number of nitrogens with zero attached hydrogens (tertiary/aromatic N) is 2. The Morgan fingerprint density at radius 3 is 2.33 bits per heavy atom. The Kier molecular flexibility index (Phi) is 6.06. The van der Waals surface area contributed by atoms with Crippen molar-refractivity contribution in [2.45, 2.75) is 90.0 Å². The minimum atomic E-state index is -0.798. The zero-order valence-electron chi connectivity index (χ0n) is 24.3. The van der Waals surface area contributed by atoms with Crippen LogP contribution in [0, 0.1) is 26.7 Å². The van der Waals surface area contributed by atoms with Crippen LogP contribution in [0.1, 0.15) is 83.8 Å². The number of aryl methyl sites for hydroxylation is 2. The van der Waals surface area contributed by atoms with Gasteiger partial charge in [0.05, 0.1) is 19.2 Å². The fourth-order valence-corrected chi connectivity index (χ4v) is 7.32. The zero-order chi connectivity index (χ0) is 27.9. The zero-order valence-corrected chi connectivity index (χ0v) is 24.3. The third-order valence-electron chi connectivity index (χ3n) is 9.81. The molecule has 0 bridgehead atoms. The average molecular weight is 536 g/mol. The summed E-state index contributed by atoms with van der Waals surface area (Å²) in [6.07, 6.45) is 6.20. The van der Waals surface area contributed by atoms with Gasteiger partial charge in [0.2, 0.25) is 5.75 Å². The average Bonchev–Trinajstić information content (AvgIpc) is 3.56. The Hall–Kier alpha value is -3.00. The van der Waals surface area contributed by atoms with E-state index in [0.29, 0.717) is 41.0 Å². The Morgan fingerprint density at radius 2 is 1.74 bits per heavy atom. The second-order valence-electron chi connectivity index (χ2n) is 12.6. The van der Waals surface area contributed by atoms with Crippen LogP contribution in [0.4, 0.5) is 0 Å². The third kappa shape index (κ3) is 4.05. The molecule has 1 atom stereocenters. The van der Waals surface area contributed by atoms with Crippen LogP contribution in [0.5, 0.6) is 17.2 Å². The molecule has 2 saturated carbocycles. The number of pyridine rings is 1. The fraction of sp³-hybridized carbons (Fsp3) is 0.613. The van der Waals surface area contributed by atoms with E-state index in [4.69, 9.17) is 14.2 Å². The lowest BCUT2D eigenvalue weighted by Crippen LogP contribution is -2.46. The maximum absolute atomic E-state index is 14.1. The molecular formula is C31H41N3O5. The van der Waals surface area contributed by atoms with Crippen LogP contribution in [0.25, 0.3) is 0 Å². The highest BCUT2D eigenvalue weighted by atomic mass is 16.7. The summed E-state index contributed by atoms with van der Waals surface area (Å²) in [4.78, 5) is 34.0. The molecule has 3 heterocycles. The van der Waals surface area contributed by atoms with Crippen molar-refractivity contribution < 1.29 is 19.0 Å². The van der Waals surface area contributed by atoms with Crippen LogP contribution in [0.3, 0.4) is 0 Å². The number of hydrogen-bond acceptors (Lipinski definition) is 6. The molecule has 2 aromatic rings. The van der Waals surface area contributed by atoms with Crippen LogP contribution < -0.4 is 19.8 Å². The Morgan fingerprint density at radius 1 is 1.08 bits per heavy atom. The van der Waals surface area contributed by atoms with Crippen molar-refractivity contribution in [2.75, 3.05) is 27.7 Å². The topological polar surface area (TPSA) is 84.1 Å². The lowest BCUT2D eigenvalue weighted by molar-refractivity contribution is -0.123. The lowest BCUT2D eigenvalue weighted by atomic mass is 9.81. The van der Waals surface area contributed by atoms with E-state index in [-0.39, 0.29) is 29.3 Å². The smallest absolute Gasteiger partial charge is 0.255 e. The minimum Gasteiger partial charge on any atom is -0.492 e. The largest absolute Gasteiger partial charge is 0.492 e. The number of fused-ring (bicyclic) bond motifs is 3. The maximum Gasteiger partial charge on any atom is 0.255 e. The molecule has 6 rings (SSSR count). The van der Waals surface area contributed by atoms with Gasteiger partial charge in [0.1, 0.15) is 0 Å². The van der Waals surface area contributed by atoms with E-state index in [0.717, 1.165) is 60.9 Å². The number of nitrogens with one attached hydrogen (secondary N) is 1. The molecule has 4 aliphatic rings. The highest BCUT2D eigenvalue weighted by molar-refractivity contribution is 6.01. The number of ether oxygens (including phenoxy) is 3. The normalized spacial score (nSPS) is 26.8. The first-order valence-electron chi connectivity index (χ1n) is 14.3. The first-order chi connectivity index (χ1) is 18.5. The molecule has 2 aliphatic carbocycles. The molecule has 1 aromatic carbocycles. The molecule has 2 fully saturated rings. The van der Waals surface area contributed by atoms with Crippen LogP contribution in [0.15, 0.2) is 10.9 Å². The fourth-order valence-electron chi connectivity index (χ4n) is 7.32. The maximum atomic E-state index is 14.1. The van der Waals surface area contributed by atoms with Crippen LogP contribution >= 0.6 is 0 Å². The van der Waals surface area contributed by atoms with Gasteiger partial charge >= 0.3 is 0 Å². The van der Waals surface area contributed by atoms with E-state index >= 15 is 0 Å². The van der Waals surface area contributed by atoms with Crippen LogP contribution in [-0.2, 0) is 12.0 Å². The van der Waals surface area contributed by atoms with Crippen LogP contribution in [0.2, 0.25) is 0 Å². The number of H-pyrrole nitrogens is 1. The molecule has 1 amide bonds. The quantitative estimate of drug-likeness (QED) is 0.602. The number of rotatable bonds is 5. The first kappa shape index (κ1) is 26.2. The van der Waals surface area contributed by atoms with E-state index in [1.807, 2.05) is 38.7 Å². The summed E-state index contributed by atoms with van der Waals surface area (Å²) in [5.41, 5.74) is 4.46. The molecule has 8 heteroatoms. The number of hydrogen-bond donors (Lipinski definition) is 1. The summed E-state index contributed by atoms with van der Waals surface area (Å²) in [6, 6.07) is 2.55. The molecule has 0 unspecified atom stereocenters. The van der Waals surface area contributed by atoms with Crippen molar-refractivity contribution in [3.8, 4) is 17.2 Å². The standard InChI is InChI=1S/C31H41N3O5/c1-17-14-18(2)32-28(35)22(17)15-34-16-31(12-13-31)24-23(29(34)36)19(3)25-27(26(24)37-7)39-30(4,38-25)20-8-10-21(11-9-20)33(5)6/h14,20-21H,8-13,15-16H2,1-7H3,(H,32,35)/t20?,21?,30-/m0/s1. The number of amides is 1. The summed E-state index contributed by atoms with van der Waals surface area (Å²) in [5, 5.41) is 0. The number of carbonyl (C=O) groups excluding carboxylic acids is 1. The number of methoxy groups -OCH3 is 1. The first-order valence-corrected chi connectivity index (χ1v) is 14.3. The summed E-state index contributed by atoms with van der Waals surface area (Å²) in [7, 11) is 5.96. The Balaban J connectivity index is 1.37. The van der Waals surface area contributed by atoms with Crippen molar-refractivity contribution >= 4 is 5.91 Å². The lowest BCUT2D eigenvalue weighted by Gasteiger charge is -2.39. The van der Waals surface area contributed by atoms with E-state index in [1.54, 1.807) is 7.11 Å². The van der Waals surface area contributed by atoms with Gasteiger partial charge < -0.3 is 29.0 Å². The van der Waals surface area contributed by atoms with Gasteiger partial charge in [-0.15, -0.1) is 0 Å². The molecule has 1 N–H and O–H groups in total. The van der Waals surface area contributed by atoms with E-state index in [9.17, 15) is 9.59 Å². The summed E-state index contributed by atoms with van der Waals surface area (Å²) in [6.45, 7) is 8.67. The monoisotopic (exact) mass is 535 g/mol. The predicted molar refractivity (Wildman–Crippen MR) is 149 cm³/mol. The Bertz CT molecular complexity index is 1400. The summed E-state index contributed by atoms with van der Waals surface area (Å²) in [5.74, 6) is 1.28. The molecule has 0 saturated heterocycles. The molecule has 39 heavy (non-hydrogen) atoms. The number of carbonyl (C=O) groups is 1. The van der Waals surface area contributed by atoms with Gasteiger partial charge in [0.25, 0.3) is 17.3 Å². The molecule has 210 valence electrons. The number of benzene rings is 1. The molecule has 2 aliphatic heterocycles. The Labute approximate surface area is 230 Å². The highest BCUT2D eigenvalue weighted by Gasteiger charge is 2.57. The second kappa shape index (κ2) is 9.01. The number of aromatic nitrogens is 1. The SMILES string of the molecule is COc1c2c(c(C)c3c1C1(CC1)CN(Cc1c(C)cc(C)[nH]c1=O)C3=O)O[C@](C)(C1CCC(N(C)C)CC1)O2. The van der Waals surface area contributed by atoms with Gasteiger partial charge in [0.15, 0.2) is 11.5 Å². The van der Waals surface area contributed by atoms with Crippen LogP contribution in [-0.4, -0.2) is 60.3 Å². The van der Waals surface area contributed by atoms with Crippen molar-refractivity contribution in [2.24, 2.45) is 5.92 Å². The second-order valence-corrected chi connectivity index (χ2v) is 12.6. The molecule has 1 aromatic heterocycles. The van der Waals surface area contributed by atoms with Gasteiger partial charge in [-0.2, -0.15) is 0 Å².